The molecule has 9 heteroatoms. The number of amides is 3. The lowest BCUT2D eigenvalue weighted by molar-refractivity contribution is 0.0689. The van der Waals surface area contributed by atoms with E-state index in [1.807, 2.05) is 74.2 Å². The molecule has 4 aromatic rings. The fourth-order valence-corrected chi connectivity index (χ4v) is 5.47. The summed E-state index contributed by atoms with van der Waals surface area (Å²) in [6.07, 6.45) is 2.79. The summed E-state index contributed by atoms with van der Waals surface area (Å²) in [5.41, 5.74) is 6.94. The summed E-state index contributed by atoms with van der Waals surface area (Å²) in [7, 11) is 0. The van der Waals surface area contributed by atoms with Gasteiger partial charge in [-0.1, -0.05) is 50.6 Å². The molecule has 0 atom stereocenters. The number of likely N-dealkylation sites (tertiary alicyclic amines) is 1. The Morgan fingerprint density at radius 1 is 0.976 bits per heavy atom. The van der Waals surface area contributed by atoms with Gasteiger partial charge < -0.3 is 10.2 Å². The van der Waals surface area contributed by atoms with Gasteiger partial charge in [-0.05, 0) is 75.8 Å². The first-order valence-electron chi connectivity index (χ1n) is 14.6. The maximum Gasteiger partial charge on any atom is 0.324 e. The van der Waals surface area contributed by atoms with Gasteiger partial charge in [-0.15, -0.1) is 0 Å². The number of carbonyl (C=O) groups excluding carboxylic acids is 2. The Morgan fingerprint density at radius 2 is 1.69 bits per heavy atom. The first kappa shape index (κ1) is 29.1. The van der Waals surface area contributed by atoms with Gasteiger partial charge in [-0.2, -0.15) is 10.2 Å². The van der Waals surface area contributed by atoms with Gasteiger partial charge in [0, 0.05) is 36.0 Å². The molecule has 3 heterocycles. The second-order valence-electron chi connectivity index (χ2n) is 12.4. The Bertz CT molecular complexity index is 1550. The van der Waals surface area contributed by atoms with Gasteiger partial charge in [-0.25, -0.2) is 9.48 Å². The second kappa shape index (κ2) is 11.8. The topological polar surface area (TPSA) is 108 Å². The van der Waals surface area contributed by atoms with E-state index in [1.54, 1.807) is 4.68 Å². The zero-order valence-electron chi connectivity index (χ0n) is 25.4. The summed E-state index contributed by atoms with van der Waals surface area (Å²) < 4.78 is 1.78. The van der Waals surface area contributed by atoms with Crippen LogP contribution in [0, 0.1) is 26.7 Å². The third-order valence-corrected chi connectivity index (χ3v) is 7.95. The van der Waals surface area contributed by atoms with Gasteiger partial charge in [-0.3, -0.25) is 15.2 Å². The predicted octanol–water partition coefficient (Wildman–Crippen LogP) is 6.56. The van der Waals surface area contributed by atoms with Crippen LogP contribution in [0.4, 0.5) is 16.3 Å². The molecule has 3 N–H and O–H groups in total. The standard InChI is InChI=1S/C33H41N7O2/c1-21-10-12-27(13-11-21)40-29(20-28(38-40)33(4,5)6)35-32(42)34-26-9-7-8-25(19-26)18-24-14-16-39(17-15-24)31(41)30-22(2)36-37-23(30)3/h7-13,19-20,24H,14-18H2,1-6H3,(H,36,37)(H2,34,35,42). The Kier molecular flexibility index (Phi) is 8.20. The maximum atomic E-state index is 13.1. The highest BCUT2D eigenvalue weighted by molar-refractivity contribution is 5.99. The zero-order valence-corrected chi connectivity index (χ0v) is 25.4. The molecule has 2 aromatic carbocycles. The third kappa shape index (κ3) is 6.56. The van der Waals surface area contributed by atoms with Gasteiger partial charge in [0.1, 0.15) is 5.82 Å². The van der Waals surface area contributed by atoms with Crippen molar-refractivity contribution in [2.45, 2.75) is 66.2 Å². The molecule has 1 aliphatic heterocycles. The van der Waals surface area contributed by atoms with Gasteiger partial charge in [0.2, 0.25) is 0 Å². The molecule has 0 radical (unpaired) electrons. The Morgan fingerprint density at radius 3 is 2.33 bits per heavy atom. The molecule has 220 valence electrons. The average molecular weight is 568 g/mol. The monoisotopic (exact) mass is 567 g/mol. The van der Waals surface area contributed by atoms with Crippen molar-refractivity contribution in [3.63, 3.8) is 0 Å². The van der Waals surface area contributed by atoms with Crippen molar-refractivity contribution in [2.75, 3.05) is 23.7 Å². The predicted molar refractivity (Wildman–Crippen MR) is 166 cm³/mol. The lowest BCUT2D eigenvalue weighted by atomic mass is 9.89. The third-order valence-electron chi connectivity index (χ3n) is 7.95. The van der Waals surface area contributed by atoms with E-state index in [-0.39, 0.29) is 17.4 Å². The first-order chi connectivity index (χ1) is 20.0. The Labute approximate surface area is 247 Å². The molecular formula is C33H41N7O2. The summed E-state index contributed by atoms with van der Waals surface area (Å²) in [5, 5.41) is 17.9. The number of nitrogens with one attached hydrogen (secondary N) is 3. The molecule has 42 heavy (non-hydrogen) atoms. The smallest absolute Gasteiger partial charge is 0.324 e. The van der Waals surface area contributed by atoms with Crippen molar-refractivity contribution in [1.82, 2.24) is 24.9 Å². The normalized spacial score (nSPS) is 14.2. The summed E-state index contributed by atoms with van der Waals surface area (Å²) in [6.45, 7) is 13.6. The van der Waals surface area contributed by atoms with E-state index in [9.17, 15) is 9.59 Å². The van der Waals surface area contributed by atoms with Gasteiger partial charge >= 0.3 is 6.03 Å². The quantitative estimate of drug-likeness (QED) is 0.245. The van der Waals surface area contributed by atoms with Crippen LogP contribution in [0.5, 0.6) is 0 Å². The van der Waals surface area contributed by atoms with Crippen LogP contribution in [-0.2, 0) is 11.8 Å². The van der Waals surface area contributed by atoms with E-state index in [1.165, 1.54) is 5.56 Å². The minimum atomic E-state index is -0.322. The van der Waals surface area contributed by atoms with E-state index in [4.69, 9.17) is 5.10 Å². The minimum Gasteiger partial charge on any atom is -0.339 e. The van der Waals surface area contributed by atoms with Crippen molar-refractivity contribution in [2.24, 2.45) is 5.92 Å². The van der Waals surface area contributed by atoms with Gasteiger partial charge in [0.05, 0.1) is 22.6 Å². The number of hydrogen-bond donors (Lipinski definition) is 3. The van der Waals surface area contributed by atoms with Crippen LogP contribution >= 0.6 is 0 Å². The number of anilines is 2. The number of H-pyrrole nitrogens is 1. The molecule has 5 rings (SSSR count). The molecule has 0 saturated carbocycles. The van der Waals surface area contributed by atoms with Crippen molar-refractivity contribution in [3.8, 4) is 5.69 Å². The summed E-state index contributed by atoms with van der Waals surface area (Å²) in [4.78, 5) is 28.1. The first-order valence-corrected chi connectivity index (χ1v) is 14.6. The van der Waals surface area contributed by atoms with E-state index in [0.717, 1.165) is 66.4 Å². The van der Waals surface area contributed by atoms with Crippen LogP contribution in [0.1, 0.15) is 72.2 Å². The fourth-order valence-electron chi connectivity index (χ4n) is 5.47. The van der Waals surface area contributed by atoms with Crippen molar-refractivity contribution in [1.29, 1.82) is 0 Å². The maximum absolute atomic E-state index is 13.1. The number of hydrogen-bond acceptors (Lipinski definition) is 4. The number of aryl methyl sites for hydroxylation is 3. The van der Waals surface area contributed by atoms with Crippen molar-refractivity contribution < 1.29 is 9.59 Å². The highest BCUT2D eigenvalue weighted by Crippen LogP contribution is 2.28. The second-order valence-corrected chi connectivity index (χ2v) is 12.4. The molecule has 1 aliphatic rings. The van der Waals surface area contributed by atoms with E-state index < -0.39 is 0 Å². The summed E-state index contributed by atoms with van der Waals surface area (Å²) >= 11 is 0. The zero-order chi connectivity index (χ0) is 30.0. The molecule has 2 aromatic heterocycles. The number of nitrogens with zero attached hydrogens (tertiary/aromatic N) is 4. The van der Waals surface area contributed by atoms with Gasteiger partial charge in [0.25, 0.3) is 5.91 Å². The number of piperidine rings is 1. The summed E-state index contributed by atoms with van der Waals surface area (Å²) in [5.74, 6) is 1.15. The fraction of sp³-hybridized carbons (Fsp3) is 0.394. The van der Waals surface area contributed by atoms with Gasteiger partial charge in [0.15, 0.2) is 0 Å². The van der Waals surface area contributed by atoms with E-state index >= 15 is 0 Å². The largest absolute Gasteiger partial charge is 0.339 e. The molecule has 9 nitrogen and oxygen atoms in total. The SMILES string of the molecule is Cc1ccc(-n2nc(C(C)(C)C)cc2NC(=O)Nc2cccc(CC3CCN(C(=O)c4c(C)n[nH]c4C)CC3)c2)cc1. The lowest BCUT2D eigenvalue weighted by Gasteiger charge is -2.32. The van der Waals surface area contributed by atoms with Crippen molar-refractivity contribution >= 4 is 23.4 Å². The van der Waals surface area contributed by atoms with Crippen LogP contribution in [-0.4, -0.2) is 49.9 Å². The molecule has 3 amide bonds. The Hall–Kier alpha value is -4.40. The highest BCUT2D eigenvalue weighted by Gasteiger charge is 2.27. The van der Waals surface area contributed by atoms with Crippen LogP contribution in [0.3, 0.4) is 0 Å². The molecule has 0 spiro atoms. The Balaban J connectivity index is 1.21. The molecule has 0 unspecified atom stereocenters. The van der Waals surface area contributed by atoms with E-state index in [0.29, 0.717) is 17.3 Å². The average Bonchev–Trinajstić information content (AvgIpc) is 3.52. The molecule has 0 bridgehead atoms. The molecule has 1 fully saturated rings. The minimum absolute atomic E-state index is 0.0627. The van der Waals surface area contributed by atoms with Crippen LogP contribution in [0.2, 0.25) is 0 Å². The number of aromatic amines is 1. The highest BCUT2D eigenvalue weighted by atomic mass is 16.2. The number of benzene rings is 2. The van der Waals surface area contributed by atoms with Crippen LogP contribution < -0.4 is 10.6 Å². The van der Waals surface area contributed by atoms with Crippen molar-refractivity contribution in [3.05, 3.63) is 88.4 Å². The number of carbonyl (C=O) groups is 2. The van der Waals surface area contributed by atoms with Crippen LogP contribution in [0.15, 0.2) is 54.6 Å². The van der Waals surface area contributed by atoms with E-state index in [2.05, 4.69) is 47.7 Å². The molecular weight excluding hydrogens is 526 g/mol. The number of urea groups is 1. The van der Waals surface area contributed by atoms with Crippen LogP contribution in [0.25, 0.3) is 5.69 Å². The molecule has 0 aliphatic carbocycles. The number of aromatic nitrogens is 4. The molecule has 1 saturated heterocycles. The lowest BCUT2D eigenvalue weighted by Crippen LogP contribution is -2.39. The number of rotatable bonds is 6. The summed E-state index contributed by atoms with van der Waals surface area (Å²) in [6, 6.07) is 17.7.